The number of terminal acetylenes is 1. The van der Waals surface area contributed by atoms with Crippen LogP contribution in [0.2, 0.25) is 0 Å². The Morgan fingerprint density at radius 2 is 1.59 bits per heavy atom. The van der Waals surface area contributed by atoms with Crippen LogP contribution in [-0.4, -0.2) is 58.5 Å². The van der Waals surface area contributed by atoms with E-state index in [1.165, 1.54) is 12.1 Å². The summed E-state index contributed by atoms with van der Waals surface area (Å²) in [5, 5.41) is 11.3. The predicted molar refractivity (Wildman–Crippen MR) is 168 cm³/mol. The summed E-state index contributed by atoms with van der Waals surface area (Å²) in [6.45, 7) is 6.98. The molecule has 2 atom stereocenters. The third kappa shape index (κ3) is 7.53. The molecule has 3 N–H and O–H groups in total. The third-order valence-corrected chi connectivity index (χ3v) is 8.16. The van der Waals surface area contributed by atoms with E-state index in [9.17, 15) is 23.5 Å². The zero-order valence-electron chi connectivity index (χ0n) is 25.7. The van der Waals surface area contributed by atoms with Crippen molar-refractivity contribution in [3.8, 4) is 12.3 Å². The Kier molecular flexibility index (Phi) is 10.6. The second kappa shape index (κ2) is 14.1. The Bertz CT molecular complexity index is 1520. The van der Waals surface area contributed by atoms with Gasteiger partial charge in [0.25, 0.3) is 11.8 Å². The first-order valence-electron chi connectivity index (χ1n) is 15.2. The molecular formula is C36H41F2N3O3. The number of aliphatic hydroxyl groups is 1. The van der Waals surface area contributed by atoms with E-state index in [1.54, 1.807) is 28.0 Å². The Morgan fingerprint density at radius 1 is 0.977 bits per heavy atom. The van der Waals surface area contributed by atoms with E-state index >= 15 is 0 Å². The first-order valence-corrected chi connectivity index (χ1v) is 15.2. The van der Waals surface area contributed by atoms with Gasteiger partial charge in [0.1, 0.15) is 11.6 Å². The monoisotopic (exact) mass is 601 g/mol. The highest BCUT2D eigenvalue weighted by molar-refractivity contribution is 6.00. The molecule has 1 fully saturated rings. The van der Waals surface area contributed by atoms with Crippen LogP contribution in [0.25, 0.3) is 0 Å². The van der Waals surface area contributed by atoms with Crippen LogP contribution in [0.15, 0.2) is 60.7 Å². The molecule has 3 aromatic carbocycles. The number of aliphatic hydroxyl groups excluding tert-OH is 1. The van der Waals surface area contributed by atoms with Crippen LogP contribution < -0.4 is 5.73 Å². The summed E-state index contributed by atoms with van der Waals surface area (Å²) in [5.41, 5.74) is 8.95. The van der Waals surface area contributed by atoms with E-state index in [4.69, 9.17) is 12.2 Å². The molecule has 6 nitrogen and oxygen atoms in total. The minimum Gasteiger partial charge on any atom is -0.390 e. The van der Waals surface area contributed by atoms with Crippen LogP contribution in [0.3, 0.4) is 0 Å². The normalized spacial score (nSPS) is 14.8. The van der Waals surface area contributed by atoms with Crippen LogP contribution in [0.5, 0.6) is 0 Å². The van der Waals surface area contributed by atoms with Crippen LogP contribution >= 0.6 is 0 Å². The molecule has 0 radical (unpaired) electrons. The molecule has 2 amide bonds. The third-order valence-electron chi connectivity index (χ3n) is 8.16. The largest absolute Gasteiger partial charge is 0.390 e. The van der Waals surface area contributed by atoms with Gasteiger partial charge in [-0.05, 0) is 98.2 Å². The molecule has 4 rings (SSSR count). The quantitative estimate of drug-likeness (QED) is 0.251. The number of hydrogen-bond acceptors (Lipinski definition) is 4. The number of carbonyl (C=O) groups is 2. The van der Waals surface area contributed by atoms with Crippen LogP contribution in [0.1, 0.15) is 82.5 Å². The predicted octanol–water partition coefficient (Wildman–Crippen LogP) is 5.58. The number of nitrogens with two attached hydrogens (primary N) is 1. The molecule has 0 bridgehead atoms. The van der Waals surface area contributed by atoms with Crippen molar-refractivity contribution in [1.82, 2.24) is 9.80 Å². The second-order valence-electron chi connectivity index (χ2n) is 11.8. The molecule has 8 heteroatoms. The van der Waals surface area contributed by atoms with Gasteiger partial charge in [-0.3, -0.25) is 9.59 Å². The van der Waals surface area contributed by atoms with Crippen molar-refractivity contribution in [3.05, 3.63) is 106 Å². The molecular weight excluding hydrogens is 560 g/mol. The van der Waals surface area contributed by atoms with Gasteiger partial charge in [-0.15, -0.1) is 6.42 Å². The number of halogens is 2. The summed E-state index contributed by atoms with van der Waals surface area (Å²) in [6.07, 6.45) is 7.38. The van der Waals surface area contributed by atoms with E-state index < -0.39 is 29.3 Å². The summed E-state index contributed by atoms with van der Waals surface area (Å²) >= 11 is 0. The average molecular weight is 602 g/mol. The number of hydrogen-bond donors (Lipinski definition) is 2. The fraction of sp³-hybridized carbons (Fsp3) is 0.389. The lowest BCUT2D eigenvalue weighted by atomic mass is 9.96. The summed E-state index contributed by atoms with van der Waals surface area (Å²) in [5.74, 6) is 0.693. The first kappa shape index (κ1) is 32.8. The molecule has 1 saturated carbocycles. The number of rotatable bonds is 13. The van der Waals surface area contributed by atoms with Gasteiger partial charge in [-0.25, -0.2) is 8.78 Å². The van der Waals surface area contributed by atoms with Gasteiger partial charge in [-0.1, -0.05) is 31.9 Å². The molecule has 0 aromatic heterocycles. The molecule has 1 aliphatic rings. The first-order chi connectivity index (χ1) is 21.0. The molecule has 44 heavy (non-hydrogen) atoms. The molecule has 1 aliphatic carbocycles. The van der Waals surface area contributed by atoms with Crippen molar-refractivity contribution in [2.24, 2.45) is 5.73 Å². The lowest BCUT2D eigenvalue weighted by molar-refractivity contribution is 0.0409. The summed E-state index contributed by atoms with van der Waals surface area (Å²) in [4.78, 5) is 31.3. The van der Waals surface area contributed by atoms with Crippen molar-refractivity contribution in [2.75, 3.05) is 19.6 Å². The maximum Gasteiger partial charge on any atom is 0.254 e. The van der Waals surface area contributed by atoms with Gasteiger partial charge in [0, 0.05) is 48.4 Å². The number of amides is 2. The lowest BCUT2D eigenvalue weighted by Crippen LogP contribution is -2.50. The Balaban J connectivity index is 1.70. The van der Waals surface area contributed by atoms with Crippen LogP contribution in [-0.2, 0) is 12.0 Å². The highest BCUT2D eigenvalue weighted by atomic mass is 19.1. The van der Waals surface area contributed by atoms with E-state index in [0.29, 0.717) is 48.2 Å². The number of aryl methyl sites for hydroxylation is 1. The number of nitrogens with zero attached hydrogens (tertiary/aromatic N) is 2. The fourth-order valence-corrected chi connectivity index (χ4v) is 5.87. The van der Waals surface area contributed by atoms with Gasteiger partial charge >= 0.3 is 0 Å². The number of benzene rings is 3. The van der Waals surface area contributed by atoms with Crippen LogP contribution in [0, 0.1) is 30.9 Å². The summed E-state index contributed by atoms with van der Waals surface area (Å²) in [7, 11) is 0. The minimum absolute atomic E-state index is 0.00520. The zero-order valence-corrected chi connectivity index (χ0v) is 25.7. The smallest absolute Gasteiger partial charge is 0.254 e. The van der Waals surface area contributed by atoms with Gasteiger partial charge in [-0.2, -0.15) is 0 Å². The summed E-state index contributed by atoms with van der Waals surface area (Å²) in [6, 6.07) is 14.8. The highest BCUT2D eigenvalue weighted by Crippen LogP contribution is 2.52. The van der Waals surface area contributed by atoms with Crippen LogP contribution in [0.4, 0.5) is 8.78 Å². The van der Waals surface area contributed by atoms with Crippen molar-refractivity contribution in [2.45, 2.75) is 70.6 Å². The molecule has 0 saturated heterocycles. The Hall–Kier alpha value is -4.06. The maximum absolute atomic E-state index is 14.4. The molecule has 0 spiro atoms. The molecule has 0 aliphatic heterocycles. The molecule has 3 aromatic rings. The zero-order chi connectivity index (χ0) is 32.0. The van der Waals surface area contributed by atoms with Crippen molar-refractivity contribution in [1.29, 1.82) is 0 Å². The fourth-order valence-electron chi connectivity index (χ4n) is 5.87. The molecule has 232 valence electrons. The average Bonchev–Trinajstić information content (AvgIpc) is 3.80. The van der Waals surface area contributed by atoms with Crippen molar-refractivity contribution < 1.29 is 23.5 Å². The molecule has 0 unspecified atom stereocenters. The van der Waals surface area contributed by atoms with Gasteiger partial charge in [0.2, 0.25) is 0 Å². The SMILES string of the molecule is C#Cc1cccc(C2(N(C[C@@H](O)[C@@H](N)Cc3cc(F)cc(F)c3)C(=O)c3cc(C)cc(C(=O)N(CCC)CCC)c3)CC2)c1. The minimum atomic E-state index is -1.21. The second-order valence-corrected chi connectivity index (χ2v) is 11.8. The number of carbonyl (C=O) groups excluding carboxylic acids is 2. The van der Waals surface area contributed by atoms with E-state index in [1.807, 2.05) is 45.0 Å². The summed E-state index contributed by atoms with van der Waals surface area (Å²) < 4.78 is 27.6. The van der Waals surface area contributed by atoms with Gasteiger partial charge in [0.05, 0.1) is 11.6 Å². The Labute approximate surface area is 258 Å². The van der Waals surface area contributed by atoms with E-state index in [0.717, 1.165) is 30.0 Å². The van der Waals surface area contributed by atoms with Crippen molar-refractivity contribution in [3.63, 3.8) is 0 Å². The van der Waals surface area contributed by atoms with E-state index in [-0.39, 0.29) is 24.8 Å². The van der Waals surface area contributed by atoms with Crippen molar-refractivity contribution >= 4 is 11.8 Å². The van der Waals surface area contributed by atoms with E-state index in [2.05, 4.69) is 5.92 Å². The Morgan fingerprint density at radius 3 is 2.16 bits per heavy atom. The lowest BCUT2D eigenvalue weighted by Gasteiger charge is -2.36. The standard InChI is InChI=1S/C36H41F2N3O3/c1-5-13-40(14-6-2)34(43)27-15-24(4)16-28(21-27)35(44)41(36(11-12-36)29-10-8-9-25(7-3)17-29)23-33(42)32(39)20-26-18-30(37)22-31(38)19-26/h3,8-10,15-19,21-22,32-33,42H,5-6,11-14,20,23,39H2,1-2,4H3/t32-,33+/m0/s1. The maximum atomic E-state index is 14.4. The van der Waals surface area contributed by atoms with Gasteiger partial charge in [0.15, 0.2) is 0 Å². The van der Waals surface area contributed by atoms with Gasteiger partial charge < -0.3 is 20.6 Å². The highest BCUT2D eigenvalue weighted by Gasteiger charge is 2.52. The topological polar surface area (TPSA) is 86.9 Å². The molecule has 0 heterocycles.